The van der Waals surface area contributed by atoms with E-state index < -0.39 is 28.1 Å². The maximum Gasteiger partial charge on any atom is 0.321 e. The number of hydrogen-bond donors (Lipinski definition) is 3. The smallest absolute Gasteiger partial charge is 0.321 e. The monoisotopic (exact) mass is 566 g/mol. The number of benzene rings is 3. The molecule has 3 amide bonds. The highest BCUT2D eigenvalue weighted by molar-refractivity contribution is 7.92. The SMILES string of the molecule is C[C@H]1CN([C@@H](C)CO)C(=O)c2cccc(NS(=O)(=O)c3ccccc3)c2O[C@H]1CN(C)C(=O)Nc1ccccc1. The molecule has 11 heteroatoms. The molecule has 3 aromatic rings. The molecule has 10 nitrogen and oxygen atoms in total. The predicted octanol–water partition coefficient (Wildman–Crippen LogP) is 3.87. The Labute approximate surface area is 234 Å². The Morgan fingerprint density at radius 2 is 1.73 bits per heavy atom. The molecule has 1 aliphatic rings. The Kier molecular flexibility index (Phi) is 8.96. The van der Waals surface area contributed by atoms with E-state index in [0.717, 1.165) is 0 Å². The Morgan fingerprint density at radius 1 is 1.07 bits per heavy atom. The molecule has 3 N–H and O–H groups in total. The van der Waals surface area contributed by atoms with E-state index in [1.54, 1.807) is 61.3 Å². The summed E-state index contributed by atoms with van der Waals surface area (Å²) in [7, 11) is -2.36. The van der Waals surface area contributed by atoms with Crippen molar-refractivity contribution in [2.45, 2.75) is 30.9 Å². The molecular formula is C29H34N4O6S. The van der Waals surface area contributed by atoms with Crippen molar-refractivity contribution in [1.82, 2.24) is 9.80 Å². The van der Waals surface area contributed by atoms with Crippen LogP contribution in [-0.4, -0.2) is 74.2 Å². The zero-order chi connectivity index (χ0) is 28.9. The van der Waals surface area contributed by atoms with Crippen molar-refractivity contribution in [1.29, 1.82) is 0 Å². The second-order valence-electron chi connectivity index (χ2n) is 9.90. The number of amides is 3. The van der Waals surface area contributed by atoms with Crippen LogP contribution in [-0.2, 0) is 10.0 Å². The van der Waals surface area contributed by atoms with Crippen molar-refractivity contribution >= 4 is 33.3 Å². The minimum absolute atomic E-state index is 0.0579. The van der Waals surface area contributed by atoms with E-state index in [1.165, 1.54) is 23.1 Å². The standard InChI is InChI=1S/C29H34N4O6S/c1-20-17-33(21(2)19-34)28(35)24-15-10-16-25(31-40(37,38)23-13-8-5-9-14-23)27(24)39-26(20)18-32(3)29(36)30-22-11-6-4-7-12-22/h4-16,20-21,26,31,34H,17-19H2,1-3H3,(H,30,36)/t20-,21-,26-/m0/s1. The van der Waals surface area contributed by atoms with Crippen molar-refractivity contribution in [2.75, 3.05) is 36.8 Å². The molecule has 4 rings (SSSR count). The summed E-state index contributed by atoms with van der Waals surface area (Å²) >= 11 is 0. The number of nitrogens with one attached hydrogen (secondary N) is 2. The van der Waals surface area contributed by atoms with E-state index >= 15 is 0 Å². The first kappa shape index (κ1) is 28.9. The van der Waals surface area contributed by atoms with Gasteiger partial charge < -0.3 is 25.0 Å². The number of anilines is 2. The van der Waals surface area contributed by atoms with Gasteiger partial charge in [0.1, 0.15) is 6.10 Å². The molecule has 0 aliphatic carbocycles. The van der Waals surface area contributed by atoms with Crippen molar-refractivity contribution in [3.8, 4) is 5.75 Å². The Morgan fingerprint density at radius 3 is 2.38 bits per heavy atom. The van der Waals surface area contributed by atoms with E-state index in [2.05, 4.69) is 10.0 Å². The second kappa shape index (κ2) is 12.4. The number of hydrogen-bond acceptors (Lipinski definition) is 6. The zero-order valence-electron chi connectivity index (χ0n) is 22.7. The van der Waals surface area contributed by atoms with Gasteiger partial charge >= 0.3 is 6.03 Å². The first-order valence-electron chi connectivity index (χ1n) is 13.0. The number of carbonyl (C=O) groups excluding carboxylic acids is 2. The van der Waals surface area contributed by atoms with Gasteiger partial charge in [-0.05, 0) is 43.3 Å². The molecule has 0 unspecified atom stereocenters. The summed E-state index contributed by atoms with van der Waals surface area (Å²) < 4.78 is 35.3. The van der Waals surface area contributed by atoms with Gasteiger partial charge in [0.15, 0.2) is 5.75 Å². The Bertz CT molecular complexity index is 1440. The number of aliphatic hydroxyl groups is 1. The highest BCUT2D eigenvalue weighted by atomic mass is 32.2. The van der Waals surface area contributed by atoms with Crippen LogP contribution >= 0.6 is 0 Å². The Hall–Kier alpha value is -4.09. The van der Waals surface area contributed by atoms with Gasteiger partial charge in [-0.2, -0.15) is 0 Å². The minimum Gasteiger partial charge on any atom is -0.485 e. The van der Waals surface area contributed by atoms with Crippen LogP contribution in [0.2, 0.25) is 0 Å². The fraction of sp³-hybridized carbons (Fsp3) is 0.310. The van der Waals surface area contributed by atoms with Crippen molar-refractivity contribution in [3.05, 3.63) is 84.4 Å². The van der Waals surface area contributed by atoms with Crippen LogP contribution < -0.4 is 14.8 Å². The molecule has 0 spiro atoms. The molecule has 212 valence electrons. The van der Waals surface area contributed by atoms with Gasteiger partial charge in [-0.25, -0.2) is 13.2 Å². The average molecular weight is 567 g/mol. The van der Waals surface area contributed by atoms with Crippen LogP contribution in [0.3, 0.4) is 0 Å². The lowest BCUT2D eigenvalue weighted by Gasteiger charge is -2.38. The molecule has 0 saturated carbocycles. The van der Waals surface area contributed by atoms with Gasteiger partial charge in [0.2, 0.25) is 0 Å². The number of urea groups is 1. The number of sulfonamides is 1. The Balaban J connectivity index is 1.69. The molecule has 1 aliphatic heterocycles. The number of aliphatic hydroxyl groups excluding tert-OH is 1. The van der Waals surface area contributed by atoms with Crippen LogP contribution in [0.1, 0.15) is 24.2 Å². The molecule has 0 bridgehead atoms. The fourth-order valence-electron chi connectivity index (χ4n) is 4.44. The molecule has 1 heterocycles. The van der Waals surface area contributed by atoms with Gasteiger partial charge in [-0.15, -0.1) is 0 Å². The highest BCUT2D eigenvalue weighted by Gasteiger charge is 2.35. The number of ether oxygens (including phenoxy) is 1. The lowest BCUT2D eigenvalue weighted by atomic mass is 9.99. The van der Waals surface area contributed by atoms with Gasteiger partial charge in [0.05, 0.1) is 35.3 Å². The number of carbonyl (C=O) groups is 2. The van der Waals surface area contributed by atoms with Crippen molar-refractivity contribution < 1.29 is 27.9 Å². The number of fused-ring (bicyclic) bond motifs is 1. The molecule has 0 fully saturated rings. The van der Waals surface area contributed by atoms with Crippen molar-refractivity contribution in [3.63, 3.8) is 0 Å². The summed E-state index contributed by atoms with van der Waals surface area (Å²) in [5.74, 6) is -0.606. The maximum absolute atomic E-state index is 13.6. The van der Waals surface area contributed by atoms with Crippen LogP contribution in [0.25, 0.3) is 0 Å². The lowest BCUT2D eigenvalue weighted by Crippen LogP contribution is -2.50. The average Bonchev–Trinajstić information content (AvgIpc) is 2.95. The third-order valence-electron chi connectivity index (χ3n) is 6.81. The minimum atomic E-state index is -3.99. The molecule has 0 radical (unpaired) electrons. The molecule has 3 aromatic carbocycles. The van der Waals surface area contributed by atoms with E-state index in [0.29, 0.717) is 5.69 Å². The summed E-state index contributed by atoms with van der Waals surface area (Å²) in [4.78, 5) is 29.7. The maximum atomic E-state index is 13.6. The molecule has 3 atom stereocenters. The van der Waals surface area contributed by atoms with Crippen LogP contribution in [0, 0.1) is 5.92 Å². The number of likely N-dealkylation sites (N-methyl/N-ethyl adjacent to an activating group) is 1. The third kappa shape index (κ3) is 6.54. The molecular weight excluding hydrogens is 532 g/mol. The van der Waals surface area contributed by atoms with Crippen LogP contribution in [0.4, 0.5) is 16.2 Å². The zero-order valence-corrected chi connectivity index (χ0v) is 23.5. The first-order chi connectivity index (χ1) is 19.1. The van der Waals surface area contributed by atoms with Crippen LogP contribution in [0.5, 0.6) is 5.75 Å². The fourth-order valence-corrected chi connectivity index (χ4v) is 5.52. The van der Waals surface area contributed by atoms with E-state index in [9.17, 15) is 23.1 Å². The van der Waals surface area contributed by atoms with Gasteiger partial charge in [0, 0.05) is 25.2 Å². The summed E-state index contributed by atoms with van der Waals surface area (Å²) in [6.45, 7) is 3.79. The normalized spacial score (nSPS) is 18.0. The summed E-state index contributed by atoms with van der Waals surface area (Å²) in [5, 5.41) is 12.7. The topological polar surface area (TPSA) is 128 Å². The van der Waals surface area contributed by atoms with Gasteiger partial charge in [0.25, 0.3) is 15.9 Å². The van der Waals surface area contributed by atoms with E-state index in [1.807, 2.05) is 25.1 Å². The van der Waals surface area contributed by atoms with Gasteiger partial charge in [-0.1, -0.05) is 49.4 Å². The number of nitrogens with zero attached hydrogens (tertiary/aromatic N) is 2. The molecule has 40 heavy (non-hydrogen) atoms. The predicted molar refractivity (Wildman–Crippen MR) is 153 cm³/mol. The number of para-hydroxylation sites is 2. The first-order valence-corrected chi connectivity index (χ1v) is 14.5. The quantitative estimate of drug-likeness (QED) is 0.380. The second-order valence-corrected chi connectivity index (χ2v) is 11.6. The van der Waals surface area contributed by atoms with E-state index in [-0.39, 0.29) is 53.5 Å². The molecule has 0 aromatic heterocycles. The summed E-state index contributed by atoms with van der Waals surface area (Å²) in [6, 6.07) is 20.8. The van der Waals surface area contributed by atoms with Crippen LogP contribution in [0.15, 0.2) is 83.8 Å². The van der Waals surface area contributed by atoms with Gasteiger partial charge in [-0.3, -0.25) is 9.52 Å². The lowest BCUT2D eigenvalue weighted by molar-refractivity contribution is 0.0373. The largest absolute Gasteiger partial charge is 0.485 e. The van der Waals surface area contributed by atoms with Crippen molar-refractivity contribution in [2.24, 2.45) is 5.92 Å². The third-order valence-corrected chi connectivity index (χ3v) is 8.20. The summed E-state index contributed by atoms with van der Waals surface area (Å²) in [6.07, 6.45) is -0.617. The number of rotatable bonds is 8. The highest BCUT2D eigenvalue weighted by Crippen LogP contribution is 2.36. The summed E-state index contributed by atoms with van der Waals surface area (Å²) in [5.41, 5.74) is 0.895. The molecule has 0 saturated heterocycles. The van der Waals surface area contributed by atoms with E-state index in [4.69, 9.17) is 4.74 Å².